The Morgan fingerprint density at radius 2 is 1.55 bits per heavy atom. The topological polar surface area (TPSA) is 12.0 Å². The third-order valence-corrected chi connectivity index (χ3v) is 3.16. The molecule has 106 valence electrons. The highest BCUT2D eigenvalue weighted by Crippen LogP contribution is 2.21. The highest BCUT2D eigenvalue weighted by atomic mass is 19.2. The molecule has 2 aromatic rings. The third kappa shape index (κ3) is 3.13. The smallest absolute Gasteiger partial charge is 0.196 e. The first-order valence-corrected chi connectivity index (χ1v) is 6.45. The molecule has 0 aliphatic rings. The van der Waals surface area contributed by atoms with Gasteiger partial charge in [0.15, 0.2) is 17.5 Å². The molecule has 0 spiro atoms. The predicted molar refractivity (Wildman–Crippen MR) is 74.2 cm³/mol. The summed E-state index contributed by atoms with van der Waals surface area (Å²) in [7, 11) is 0. The van der Waals surface area contributed by atoms with Gasteiger partial charge in [0, 0.05) is 6.54 Å². The van der Waals surface area contributed by atoms with Crippen molar-refractivity contribution >= 4 is 5.69 Å². The standard InChI is InChI=1S/C16H16F3N/c1-10(2)12-5-3-11(4-6-12)9-20-14-8-7-13(17)15(18)16(14)19/h3-8,10,20H,9H2,1-2H3. The van der Waals surface area contributed by atoms with E-state index in [0.29, 0.717) is 12.5 Å². The van der Waals surface area contributed by atoms with Crippen LogP contribution >= 0.6 is 0 Å². The van der Waals surface area contributed by atoms with Gasteiger partial charge in [-0.3, -0.25) is 0 Å². The van der Waals surface area contributed by atoms with Crippen LogP contribution in [0, 0.1) is 17.5 Å². The lowest BCUT2D eigenvalue weighted by Gasteiger charge is -2.10. The molecule has 2 rings (SSSR count). The van der Waals surface area contributed by atoms with Crippen LogP contribution in [0.1, 0.15) is 30.9 Å². The van der Waals surface area contributed by atoms with Crippen LogP contribution in [0.4, 0.5) is 18.9 Å². The summed E-state index contributed by atoms with van der Waals surface area (Å²) in [6, 6.07) is 9.96. The van der Waals surface area contributed by atoms with E-state index in [-0.39, 0.29) is 5.69 Å². The molecule has 20 heavy (non-hydrogen) atoms. The summed E-state index contributed by atoms with van der Waals surface area (Å²) < 4.78 is 39.3. The van der Waals surface area contributed by atoms with Crippen molar-refractivity contribution in [3.63, 3.8) is 0 Å². The van der Waals surface area contributed by atoms with Crippen LogP contribution in [-0.2, 0) is 6.54 Å². The van der Waals surface area contributed by atoms with Crippen LogP contribution in [0.2, 0.25) is 0 Å². The SMILES string of the molecule is CC(C)c1ccc(CNc2ccc(F)c(F)c2F)cc1. The fraction of sp³-hybridized carbons (Fsp3) is 0.250. The first-order valence-electron chi connectivity index (χ1n) is 6.45. The number of halogens is 3. The summed E-state index contributed by atoms with van der Waals surface area (Å²) in [6.07, 6.45) is 0. The van der Waals surface area contributed by atoms with Gasteiger partial charge in [-0.25, -0.2) is 13.2 Å². The molecular weight excluding hydrogens is 263 g/mol. The van der Waals surface area contributed by atoms with Crippen LogP contribution in [0.3, 0.4) is 0 Å². The van der Waals surface area contributed by atoms with Crippen molar-refractivity contribution in [3.8, 4) is 0 Å². The third-order valence-electron chi connectivity index (χ3n) is 3.16. The quantitative estimate of drug-likeness (QED) is 0.790. The Kier molecular flexibility index (Phi) is 4.32. The number of rotatable bonds is 4. The second kappa shape index (κ2) is 5.99. The van der Waals surface area contributed by atoms with Gasteiger partial charge in [0.05, 0.1) is 5.69 Å². The number of hydrogen-bond acceptors (Lipinski definition) is 1. The van der Waals surface area contributed by atoms with E-state index < -0.39 is 17.5 Å². The van der Waals surface area contributed by atoms with Gasteiger partial charge in [0.2, 0.25) is 0 Å². The normalized spacial score (nSPS) is 10.9. The van der Waals surface area contributed by atoms with Crippen molar-refractivity contribution in [1.29, 1.82) is 0 Å². The molecule has 0 amide bonds. The van der Waals surface area contributed by atoms with Crippen LogP contribution in [0.15, 0.2) is 36.4 Å². The fourth-order valence-electron chi connectivity index (χ4n) is 1.88. The minimum Gasteiger partial charge on any atom is -0.379 e. The van der Waals surface area contributed by atoms with Crippen molar-refractivity contribution in [3.05, 3.63) is 65.0 Å². The largest absolute Gasteiger partial charge is 0.379 e. The van der Waals surface area contributed by atoms with Crippen LogP contribution in [-0.4, -0.2) is 0 Å². The lowest BCUT2D eigenvalue weighted by molar-refractivity contribution is 0.449. The molecular formula is C16H16F3N. The van der Waals surface area contributed by atoms with Crippen LogP contribution < -0.4 is 5.32 Å². The van der Waals surface area contributed by atoms with E-state index in [4.69, 9.17) is 0 Å². The van der Waals surface area contributed by atoms with Gasteiger partial charge in [-0.15, -0.1) is 0 Å². The Morgan fingerprint density at radius 1 is 0.900 bits per heavy atom. The summed E-state index contributed by atoms with van der Waals surface area (Å²) in [4.78, 5) is 0. The first-order chi connectivity index (χ1) is 9.49. The number of anilines is 1. The summed E-state index contributed by atoms with van der Waals surface area (Å²) in [5, 5.41) is 2.76. The van der Waals surface area contributed by atoms with Crippen molar-refractivity contribution in [2.24, 2.45) is 0 Å². The van der Waals surface area contributed by atoms with E-state index in [2.05, 4.69) is 19.2 Å². The fourth-order valence-corrected chi connectivity index (χ4v) is 1.88. The van der Waals surface area contributed by atoms with Gasteiger partial charge in [0.25, 0.3) is 0 Å². The van der Waals surface area contributed by atoms with Crippen molar-refractivity contribution in [2.75, 3.05) is 5.32 Å². The molecule has 1 N–H and O–H groups in total. The minimum atomic E-state index is -1.45. The van der Waals surface area contributed by atoms with Gasteiger partial charge in [-0.2, -0.15) is 0 Å². The highest BCUT2D eigenvalue weighted by molar-refractivity contribution is 5.46. The predicted octanol–water partition coefficient (Wildman–Crippen LogP) is 4.84. The molecule has 0 atom stereocenters. The molecule has 0 unspecified atom stereocenters. The highest BCUT2D eigenvalue weighted by Gasteiger charge is 2.12. The van der Waals surface area contributed by atoms with Crippen molar-refractivity contribution in [2.45, 2.75) is 26.3 Å². The second-order valence-corrected chi connectivity index (χ2v) is 4.97. The Morgan fingerprint density at radius 3 is 2.15 bits per heavy atom. The zero-order valence-electron chi connectivity index (χ0n) is 11.4. The zero-order valence-corrected chi connectivity index (χ0v) is 11.4. The van der Waals surface area contributed by atoms with Gasteiger partial charge in [0.1, 0.15) is 0 Å². The molecule has 0 aromatic heterocycles. The molecule has 4 heteroatoms. The Labute approximate surface area is 116 Å². The van der Waals surface area contributed by atoms with Crippen LogP contribution in [0.5, 0.6) is 0 Å². The van der Waals surface area contributed by atoms with E-state index in [1.165, 1.54) is 11.6 Å². The van der Waals surface area contributed by atoms with Gasteiger partial charge >= 0.3 is 0 Å². The van der Waals surface area contributed by atoms with Crippen molar-refractivity contribution in [1.82, 2.24) is 0 Å². The molecule has 0 radical (unpaired) electrons. The Hall–Kier alpha value is -1.97. The van der Waals surface area contributed by atoms with E-state index in [1.807, 2.05) is 24.3 Å². The average molecular weight is 279 g/mol. The average Bonchev–Trinajstić information content (AvgIpc) is 2.44. The zero-order chi connectivity index (χ0) is 14.7. The second-order valence-electron chi connectivity index (χ2n) is 4.97. The van der Waals surface area contributed by atoms with E-state index >= 15 is 0 Å². The van der Waals surface area contributed by atoms with E-state index in [9.17, 15) is 13.2 Å². The Bertz CT molecular complexity index is 591. The Balaban J connectivity index is 2.07. The van der Waals surface area contributed by atoms with Crippen molar-refractivity contribution < 1.29 is 13.2 Å². The molecule has 1 nitrogen and oxygen atoms in total. The maximum Gasteiger partial charge on any atom is 0.196 e. The summed E-state index contributed by atoms with van der Waals surface area (Å²) >= 11 is 0. The summed E-state index contributed by atoms with van der Waals surface area (Å²) in [5.41, 5.74) is 2.11. The van der Waals surface area contributed by atoms with E-state index in [0.717, 1.165) is 11.6 Å². The number of nitrogens with one attached hydrogen (secondary N) is 1. The van der Waals surface area contributed by atoms with Gasteiger partial charge in [-0.1, -0.05) is 38.1 Å². The van der Waals surface area contributed by atoms with Gasteiger partial charge < -0.3 is 5.32 Å². The molecule has 0 bridgehead atoms. The lowest BCUT2D eigenvalue weighted by atomic mass is 10.0. The molecule has 0 aliphatic heterocycles. The molecule has 0 aliphatic carbocycles. The minimum absolute atomic E-state index is 0.0446. The molecule has 0 saturated carbocycles. The van der Waals surface area contributed by atoms with Crippen LogP contribution in [0.25, 0.3) is 0 Å². The lowest BCUT2D eigenvalue weighted by Crippen LogP contribution is -2.04. The molecule has 2 aromatic carbocycles. The molecule has 0 saturated heterocycles. The number of benzene rings is 2. The number of hydrogen-bond donors (Lipinski definition) is 1. The summed E-state index contributed by atoms with van der Waals surface area (Å²) in [6.45, 7) is 4.55. The molecule has 0 fully saturated rings. The summed E-state index contributed by atoms with van der Waals surface area (Å²) in [5.74, 6) is -3.39. The molecule has 0 heterocycles. The maximum absolute atomic E-state index is 13.5. The van der Waals surface area contributed by atoms with E-state index in [1.54, 1.807) is 0 Å². The van der Waals surface area contributed by atoms with Gasteiger partial charge in [-0.05, 0) is 29.2 Å². The maximum atomic E-state index is 13.5. The first kappa shape index (κ1) is 14.4. The monoisotopic (exact) mass is 279 g/mol.